The van der Waals surface area contributed by atoms with E-state index in [0.717, 1.165) is 13.0 Å². The van der Waals surface area contributed by atoms with Crippen molar-refractivity contribution in [3.8, 4) is 6.01 Å². The van der Waals surface area contributed by atoms with Gasteiger partial charge in [-0.15, -0.1) is 0 Å². The second-order valence-electron chi connectivity index (χ2n) is 4.25. The Balaban J connectivity index is 2.21. The van der Waals surface area contributed by atoms with Crippen LogP contribution in [0.15, 0.2) is 0 Å². The van der Waals surface area contributed by atoms with E-state index in [9.17, 15) is 0 Å². The summed E-state index contributed by atoms with van der Waals surface area (Å²) in [5.41, 5.74) is 2.45. The minimum Gasteiger partial charge on any atom is -0.463 e. The zero-order chi connectivity index (χ0) is 13.0. The molecule has 0 bridgehead atoms. The van der Waals surface area contributed by atoms with Gasteiger partial charge in [0.25, 0.3) is 0 Å². The summed E-state index contributed by atoms with van der Waals surface area (Å²) in [6, 6.07) is 0.871. The molecule has 7 nitrogen and oxygen atoms in total. The highest BCUT2D eigenvalue weighted by molar-refractivity contribution is 5.40. The lowest BCUT2D eigenvalue weighted by Crippen LogP contribution is -2.28. The minimum absolute atomic E-state index is 0.328. The fourth-order valence-electron chi connectivity index (χ4n) is 1.75. The van der Waals surface area contributed by atoms with Gasteiger partial charge in [-0.05, 0) is 26.2 Å². The highest BCUT2D eigenvalue weighted by atomic mass is 16.5. The van der Waals surface area contributed by atoms with Gasteiger partial charge in [0.1, 0.15) is 0 Å². The molecule has 0 aliphatic heterocycles. The van der Waals surface area contributed by atoms with E-state index < -0.39 is 0 Å². The van der Waals surface area contributed by atoms with Crippen LogP contribution in [0.5, 0.6) is 6.01 Å². The van der Waals surface area contributed by atoms with E-state index in [4.69, 9.17) is 10.6 Å². The van der Waals surface area contributed by atoms with Gasteiger partial charge in [-0.2, -0.15) is 15.0 Å². The molecule has 1 saturated carbocycles. The fraction of sp³-hybridized carbons (Fsp3) is 0.727. The van der Waals surface area contributed by atoms with Crippen molar-refractivity contribution in [1.82, 2.24) is 15.0 Å². The maximum Gasteiger partial charge on any atom is 0.323 e. The summed E-state index contributed by atoms with van der Waals surface area (Å²) in [5, 5.41) is 0. The number of hydrogen-bond donors (Lipinski definition) is 2. The van der Waals surface area contributed by atoms with Crippen LogP contribution in [0.4, 0.5) is 11.9 Å². The van der Waals surface area contributed by atoms with Crippen LogP contribution in [0.1, 0.15) is 33.1 Å². The second-order valence-corrected chi connectivity index (χ2v) is 4.25. The van der Waals surface area contributed by atoms with Crippen LogP contribution >= 0.6 is 0 Å². The molecule has 3 N–H and O–H groups in total. The molecule has 100 valence electrons. The molecule has 7 heteroatoms. The summed E-state index contributed by atoms with van der Waals surface area (Å²) < 4.78 is 5.45. The van der Waals surface area contributed by atoms with E-state index in [-0.39, 0.29) is 0 Å². The van der Waals surface area contributed by atoms with E-state index >= 15 is 0 Å². The Labute approximate surface area is 107 Å². The molecule has 0 spiro atoms. The average molecular weight is 252 g/mol. The topological polar surface area (TPSA) is 89.2 Å². The van der Waals surface area contributed by atoms with Gasteiger partial charge in [0, 0.05) is 12.6 Å². The number of aromatic nitrogens is 3. The number of hydrogen-bond acceptors (Lipinski definition) is 7. The highest BCUT2D eigenvalue weighted by Gasteiger charge is 2.30. The third-order valence-corrected chi connectivity index (χ3v) is 2.75. The number of nitrogens with zero attached hydrogens (tertiary/aromatic N) is 4. The van der Waals surface area contributed by atoms with Gasteiger partial charge < -0.3 is 9.64 Å². The number of rotatable bonds is 7. The molecule has 0 atom stereocenters. The van der Waals surface area contributed by atoms with Crippen molar-refractivity contribution >= 4 is 11.9 Å². The van der Waals surface area contributed by atoms with E-state index in [1.54, 1.807) is 0 Å². The van der Waals surface area contributed by atoms with Crippen molar-refractivity contribution < 1.29 is 4.74 Å². The normalized spacial score (nSPS) is 14.4. The quantitative estimate of drug-likeness (QED) is 0.551. The molecule has 1 fully saturated rings. The first-order valence-corrected chi connectivity index (χ1v) is 6.40. The molecule has 1 aromatic heterocycles. The summed E-state index contributed by atoms with van der Waals surface area (Å²) in [5.74, 6) is 6.34. The molecule has 1 aromatic rings. The van der Waals surface area contributed by atoms with Crippen LogP contribution in [0.3, 0.4) is 0 Å². The van der Waals surface area contributed by atoms with Crippen molar-refractivity contribution in [2.24, 2.45) is 5.84 Å². The highest BCUT2D eigenvalue weighted by Crippen LogP contribution is 2.30. The molecule has 18 heavy (non-hydrogen) atoms. The van der Waals surface area contributed by atoms with E-state index in [1.807, 2.05) is 6.92 Å². The summed E-state index contributed by atoms with van der Waals surface area (Å²) in [6.45, 7) is 5.58. The van der Waals surface area contributed by atoms with Gasteiger partial charge in [0.05, 0.1) is 6.61 Å². The number of nitrogens with one attached hydrogen (secondary N) is 1. The molecular weight excluding hydrogens is 232 g/mol. The van der Waals surface area contributed by atoms with Crippen molar-refractivity contribution in [2.75, 3.05) is 23.5 Å². The Morgan fingerprint density at radius 2 is 2.11 bits per heavy atom. The van der Waals surface area contributed by atoms with Gasteiger partial charge in [0.15, 0.2) is 0 Å². The number of hydrazine groups is 1. The lowest BCUT2D eigenvalue weighted by Gasteiger charge is -2.20. The van der Waals surface area contributed by atoms with Crippen molar-refractivity contribution in [2.45, 2.75) is 39.2 Å². The number of ether oxygens (including phenoxy) is 1. The first-order valence-electron chi connectivity index (χ1n) is 6.40. The molecule has 1 aliphatic rings. The number of nitrogens with two attached hydrogens (primary N) is 1. The largest absolute Gasteiger partial charge is 0.463 e. The Bertz CT molecular complexity index is 395. The molecule has 0 unspecified atom stereocenters. The number of nitrogen functional groups attached to an aromatic ring is 1. The van der Waals surface area contributed by atoms with Gasteiger partial charge >= 0.3 is 6.01 Å². The molecule has 0 aromatic carbocycles. The Morgan fingerprint density at radius 3 is 2.67 bits per heavy atom. The fourth-order valence-corrected chi connectivity index (χ4v) is 1.75. The summed E-state index contributed by atoms with van der Waals surface area (Å²) in [7, 11) is 0. The van der Waals surface area contributed by atoms with Crippen LogP contribution < -0.4 is 20.9 Å². The van der Waals surface area contributed by atoms with E-state index in [2.05, 4.69) is 32.2 Å². The van der Waals surface area contributed by atoms with Gasteiger partial charge in [-0.3, -0.25) is 5.43 Å². The predicted octanol–water partition coefficient (Wildman–Crippen LogP) is 0.935. The van der Waals surface area contributed by atoms with Crippen LogP contribution in [0, 0.1) is 0 Å². The zero-order valence-electron chi connectivity index (χ0n) is 10.9. The average Bonchev–Trinajstić information content (AvgIpc) is 3.21. The molecule has 0 amide bonds. The Kier molecular flexibility index (Phi) is 4.14. The molecule has 2 rings (SSSR count). The second kappa shape index (κ2) is 5.81. The van der Waals surface area contributed by atoms with Gasteiger partial charge in [-0.1, -0.05) is 6.92 Å². The van der Waals surface area contributed by atoms with Crippen LogP contribution in [-0.2, 0) is 0 Å². The van der Waals surface area contributed by atoms with Crippen LogP contribution in [0.25, 0.3) is 0 Å². The molecule has 1 aliphatic carbocycles. The van der Waals surface area contributed by atoms with Gasteiger partial charge in [0.2, 0.25) is 11.9 Å². The lowest BCUT2D eigenvalue weighted by molar-refractivity contribution is 0.292. The summed E-state index contributed by atoms with van der Waals surface area (Å²) in [4.78, 5) is 14.8. The maximum absolute atomic E-state index is 5.45. The molecule has 0 radical (unpaired) electrons. The van der Waals surface area contributed by atoms with Crippen molar-refractivity contribution in [3.05, 3.63) is 0 Å². The minimum atomic E-state index is 0.328. The maximum atomic E-state index is 5.45. The molecule has 0 saturated heterocycles. The Hall–Kier alpha value is -1.63. The van der Waals surface area contributed by atoms with Crippen LogP contribution in [-0.4, -0.2) is 34.1 Å². The SMILES string of the molecule is CCCOc1nc(NN)nc(N(CC)C2CC2)n1. The molecular formula is C11H20N6O. The smallest absolute Gasteiger partial charge is 0.323 e. The third-order valence-electron chi connectivity index (χ3n) is 2.75. The first kappa shape index (κ1) is 12.8. The summed E-state index contributed by atoms with van der Waals surface area (Å²) in [6.07, 6.45) is 3.29. The Morgan fingerprint density at radius 1 is 1.33 bits per heavy atom. The molecule has 1 heterocycles. The van der Waals surface area contributed by atoms with Gasteiger partial charge in [-0.25, -0.2) is 5.84 Å². The van der Waals surface area contributed by atoms with Crippen molar-refractivity contribution in [3.63, 3.8) is 0 Å². The first-order chi connectivity index (χ1) is 8.78. The van der Waals surface area contributed by atoms with Crippen LogP contribution in [0.2, 0.25) is 0 Å². The van der Waals surface area contributed by atoms with E-state index in [1.165, 1.54) is 12.8 Å². The lowest BCUT2D eigenvalue weighted by atomic mass is 10.5. The summed E-state index contributed by atoms with van der Waals surface area (Å²) >= 11 is 0. The van der Waals surface area contributed by atoms with E-state index in [0.29, 0.717) is 30.6 Å². The van der Waals surface area contributed by atoms with Crippen molar-refractivity contribution in [1.29, 1.82) is 0 Å². The number of anilines is 2. The standard InChI is InChI=1S/C11H20N6O/c1-3-7-18-11-14-9(16-12)13-10(15-11)17(4-2)8-5-6-8/h8H,3-7,12H2,1-2H3,(H,13,14,15,16). The monoisotopic (exact) mass is 252 g/mol. The zero-order valence-corrected chi connectivity index (χ0v) is 10.9. The predicted molar refractivity (Wildman–Crippen MR) is 69.5 cm³/mol. The third kappa shape index (κ3) is 2.98.